The molecule has 0 bridgehead atoms. The van der Waals surface area contributed by atoms with Crippen LogP contribution in [0.2, 0.25) is 6.04 Å². The maximum absolute atomic E-state index is 9.33. The van der Waals surface area contributed by atoms with Crippen LogP contribution in [0.3, 0.4) is 0 Å². The van der Waals surface area contributed by atoms with Gasteiger partial charge < -0.3 is 27.9 Å². The number of hydrogen-bond donors (Lipinski definition) is 1. The van der Waals surface area contributed by atoms with Crippen LogP contribution in [0.15, 0.2) is 0 Å². The van der Waals surface area contributed by atoms with Crippen LogP contribution in [-0.4, -0.2) is 68.3 Å². The Morgan fingerprint density at radius 3 is 2.06 bits per heavy atom. The Morgan fingerprint density at radius 2 is 1.59 bits per heavy atom. The van der Waals surface area contributed by atoms with Gasteiger partial charge in [0.05, 0.1) is 13.2 Å². The van der Waals surface area contributed by atoms with E-state index >= 15 is 0 Å². The summed E-state index contributed by atoms with van der Waals surface area (Å²) >= 11 is 0. The SMILES string of the molecule is COCC(O)COCCC[Si](OC)(OC)OC. The lowest BCUT2D eigenvalue weighted by atomic mass is 10.4. The average molecular weight is 268 g/mol. The second-order valence-electron chi connectivity index (χ2n) is 3.58. The highest BCUT2D eigenvalue weighted by Crippen LogP contribution is 2.14. The zero-order chi connectivity index (χ0) is 13.1. The summed E-state index contributed by atoms with van der Waals surface area (Å²) in [5, 5.41) is 9.33. The number of ether oxygens (including phenoxy) is 2. The van der Waals surface area contributed by atoms with Crippen LogP contribution >= 0.6 is 0 Å². The number of hydrogen-bond acceptors (Lipinski definition) is 6. The highest BCUT2D eigenvalue weighted by atomic mass is 28.4. The summed E-state index contributed by atoms with van der Waals surface area (Å²) in [4.78, 5) is 0. The highest BCUT2D eigenvalue weighted by molar-refractivity contribution is 6.60. The molecule has 104 valence electrons. The first kappa shape index (κ1) is 17.0. The third kappa shape index (κ3) is 7.09. The minimum atomic E-state index is -2.48. The third-order valence-corrected chi connectivity index (χ3v) is 5.21. The van der Waals surface area contributed by atoms with Crippen LogP contribution in [0.4, 0.5) is 0 Å². The van der Waals surface area contributed by atoms with Crippen LogP contribution in [-0.2, 0) is 22.8 Å². The molecule has 0 saturated carbocycles. The van der Waals surface area contributed by atoms with Gasteiger partial charge in [0.1, 0.15) is 6.10 Å². The van der Waals surface area contributed by atoms with Gasteiger partial charge in [-0.2, -0.15) is 0 Å². The smallest absolute Gasteiger partial charge is 0.388 e. The molecule has 0 fully saturated rings. The van der Waals surface area contributed by atoms with Crippen molar-refractivity contribution >= 4 is 8.80 Å². The van der Waals surface area contributed by atoms with Crippen molar-refractivity contribution in [3.63, 3.8) is 0 Å². The van der Waals surface area contributed by atoms with Crippen molar-refractivity contribution in [2.24, 2.45) is 0 Å². The third-order valence-electron chi connectivity index (χ3n) is 2.37. The van der Waals surface area contributed by atoms with Gasteiger partial charge in [0, 0.05) is 41.1 Å². The number of methoxy groups -OCH3 is 1. The molecule has 0 aliphatic carbocycles. The van der Waals surface area contributed by atoms with Crippen molar-refractivity contribution < 1.29 is 27.9 Å². The molecule has 7 heteroatoms. The molecule has 0 aliphatic heterocycles. The van der Waals surface area contributed by atoms with Crippen molar-refractivity contribution in [3.8, 4) is 0 Å². The van der Waals surface area contributed by atoms with E-state index in [1.165, 1.54) is 0 Å². The van der Waals surface area contributed by atoms with Crippen molar-refractivity contribution in [1.82, 2.24) is 0 Å². The molecule has 0 aromatic carbocycles. The second kappa shape index (κ2) is 9.95. The Labute approximate surface area is 104 Å². The monoisotopic (exact) mass is 268 g/mol. The number of rotatable bonds is 11. The predicted molar refractivity (Wildman–Crippen MR) is 64.9 cm³/mol. The van der Waals surface area contributed by atoms with Gasteiger partial charge in [0.2, 0.25) is 0 Å². The molecule has 0 saturated heterocycles. The maximum atomic E-state index is 9.33. The Bertz CT molecular complexity index is 168. The number of aliphatic hydroxyl groups excluding tert-OH is 1. The van der Waals surface area contributed by atoms with Crippen LogP contribution in [0, 0.1) is 0 Å². The summed E-state index contributed by atoms with van der Waals surface area (Å²) in [6, 6.07) is 0.691. The van der Waals surface area contributed by atoms with E-state index in [4.69, 9.17) is 22.8 Å². The minimum absolute atomic E-state index is 0.273. The summed E-state index contributed by atoms with van der Waals surface area (Å²) in [5.74, 6) is 0. The van der Waals surface area contributed by atoms with Gasteiger partial charge in [-0.1, -0.05) is 0 Å². The van der Waals surface area contributed by atoms with Gasteiger partial charge in [0.25, 0.3) is 0 Å². The normalized spacial score (nSPS) is 13.9. The van der Waals surface area contributed by atoms with Crippen LogP contribution in [0.5, 0.6) is 0 Å². The molecule has 1 unspecified atom stereocenters. The van der Waals surface area contributed by atoms with Gasteiger partial charge >= 0.3 is 8.80 Å². The summed E-state index contributed by atoms with van der Waals surface area (Å²) in [6.07, 6.45) is 0.191. The Hall–Kier alpha value is -0.0231. The quantitative estimate of drug-likeness (QED) is 0.429. The van der Waals surface area contributed by atoms with Crippen LogP contribution in [0.25, 0.3) is 0 Å². The van der Waals surface area contributed by atoms with E-state index in [1.807, 2.05) is 0 Å². The molecule has 0 radical (unpaired) electrons. The molecular weight excluding hydrogens is 244 g/mol. The molecule has 0 heterocycles. The molecular formula is C10H24O6Si. The second-order valence-corrected chi connectivity index (χ2v) is 6.67. The van der Waals surface area contributed by atoms with E-state index in [-0.39, 0.29) is 13.2 Å². The predicted octanol–water partition coefficient (Wildman–Crippen LogP) is 0.279. The Kier molecular flexibility index (Phi) is 9.94. The molecule has 0 spiro atoms. The lowest BCUT2D eigenvalue weighted by molar-refractivity contribution is -0.00661. The van der Waals surface area contributed by atoms with Crippen molar-refractivity contribution in [2.75, 3.05) is 48.3 Å². The fourth-order valence-corrected chi connectivity index (χ4v) is 3.10. The van der Waals surface area contributed by atoms with E-state index in [0.29, 0.717) is 12.7 Å². The van der Waals surface area contributed by atoms with Crippen molar-refractivity contribution in [3.05, 3.63) is 0 Å². The Morgan fingerprint density at radius 1 is 1.00 bits per heavy atom. The van der Waals surface area contributed by atoms with Gasteiger partial charge in [-0.15, -0.1) is 0 Å². The Balaban J connectivity index is 3.62. The fourth-order valence-electron chi connectivity index (χ4n) is 1.41. The van der Waals surface area contributed by atoms with Gasteiger partial charge in [-0.05, 0) is 6.42 Å². The van der Waals surface area contributed by atoms with E-state index in [1.54, 1.807) is 28.4 Å². The minimum Gasteiger partial charge on any atom is -0.388 e. The molecule has 1 N–H and O–H groups in total. The van der Waals surface area contributed by atoms with Gasteiger partial charge in [-0.25, -0.2) is 0 Å². The van der Waals surface area contributed by atoms with Crippen molar-refractivity contribution in [2.45, 2.75) is 18.6 Å². The van der Waals surface area contributed by atoms with Crippen LogP contribution < -0.4 is 0 Å². The summed E-state index contributed by atoms with van der Waals surface area (Å²) in [7, 11) is 3.82. The van der Waals surface area contributed by atoms with E-state index in [2.05, 4.69) is 0 Å². The zero-order valence-electron chi connectivity index (χ0n) is 11.1. The topological polar surface area (TPSA) is 66.4 Å². The molecule has 0 aromatic heterocycles. The molecule has 0 amide bonds. The van der Waals surface area contributed by atoms with Gasteiger partial charge in [0.15, 0.2) is 0 Å². The first-order valence-electron chi connectivity index (χ1n) is 5.54. The lowest BCUT2D eigenvalue weighted by Crippen LogP contribution is -2.42. The maximum Gasteiger partial charge on any atom is 0.500 e. The zero-order valence-corrected chi connectivity index (χ0v) is 12.1. The fraction of sp³-hybridized carbons (Fsp3) is 1.00. The molecule has 17 heavy (non-hydrogen) atoms. The molecule has 1 atom stereocenters. The largest absolute Gasteiger partial charge is 0.500 e. The van der Waals surface area contributed by atoms with Crippen LogP contribution in [0.1, 0.15) is 6.42 Å². The van der Waals surface area contributed by atoms with Gasteiger partial charge in [-0.3, -0.25) is 0 Å². The van der Waals surface area contributed by atoms with E-state index < -0.39 is 14.9 Å². The first-order valence-corrected chi connectivity index (χ1v) is 7.47. The standard InChI is InChI=1S/C10H24O6Si/c1-12-8-10(11)9-16-6-5-7-17(13-2,14-3)15-4/h10-11H,5-9H2,1-4H3. The molecule has 0 aromatic rings. The average Bonchev–Trinajstić information content (AvgIpc) is 2.35. The molecule has 6 nitrogen and oxygen atoms in total. The number of aliphatic hydroxyl groups is 1. The highest BCUT2D eigenvalue weighted by Gasteiger charge is 2.36. The molecule has 0 aliphatic rings. The van der Waals surface area contributed by atoms with Crippen molar-refractivity contribution in [1.29, 1.82) is 0 Å². The van der Waals surface area contributed by atoms with E-state index in [9.17, 15) is 5.11 Å². The molecule has 0 rings (SSSR count). The summed E-state index contributed by atoms with van der Waals surface area (Å²) in [5.41, 5.74) is 0. The van der Waals surface area contributed by atoms with E-state index in [0.717, 1.165) is 6.42 Å². The summed E-state index contributed by atoms with van der Waals surface area (Å²) < 4.78 is 25.9. The first-order chi connectivity index (χ1) is 8.14. The summed E-state index contributed by atoms with van der Waals surface area (Å²) in [6.45, 7) is 1.09. The lowest BCUT2D eigenvalue weighted by Gasteiger charge is -2.24.